The number of carbonyl (C=O) groups is 1. The number of hydrogen-bond donors (Lipinski definition) is 2. The minimum absolute atomic E-state index is 0.0428. The van der Waals surface area contributed by atoms with Gasteiger partial charge in [-0.2, -0.15) is 4.98 Å². The standard InChI is InChI=1S/C17H19N7OS/c1-9(12-5-3-4-6-19-12)20-17-22-13(16(25)24-7-11(18)8-24)14-15(23-17)21-10(2)26-14/h3-6,9,11H,7-8,18H2,1-2H3,(H,20,22,23). The Bertz CT molecular complexity index is 952. The van der Waals surface area contributed by atoms with Crippen molar-refractivity contribution in [2.24, 2.45) is 5.73 Å². The van der Waals surface area contributed by atoms with Crippen LogP contribution in [-0.2, 0) is 0 Å². The van der Waals surface area contributed by atoms with Crippen LogP contribution in [0.15, 0.2) is 24.4 Å². The molecule has 0 radical (unpaired) electrons. The van der Waals surface area contributed by atoms with Crippen molar-refractivity contribution in [1.82, 2.24) is 24.8 Å². The van der Waals surface area contributed by atoms with Gasteiger partial charge in [-0.3, -0.25) is 9.78 Å². The minimum atomic E-state index is -0.128. The lowest BCUT2D eigenvalue weighted by Crippen LogP contribution is -2.58. The van der Waals surface area contributed by atoms with Gasteiger partial charge in [0.2, 0.25) is 5.95 Å². The van der Waals surface area contributed by atoms with Crippen LogP contribution in [0.25, 0.3) is 10.3 Å². The molecular weight excluding hydrogens is 350 g/mol. The van der Waals surface area contributed by atoms with Crippen molar-refractivity contribution >= 4 is 33.5 Å². The van der Waals surface area contributed by atoms with Crippen LogP contribution in [0.3, 0.4) is 0 Å². The van der Waals surface area contributed by atoms with Gasteiger partial charge in [-0.05, 0) is 26.0 Å². The summed E-state index contributed by atoms with van der Waals surface area (Å²) in [7, 11) is 0. The lowest BCUT2D eigenvalue weighted by molar-refractivity contribution is 0.0604. The molecule has 4 heterocycles. The van der Waals surface area contributed by atoms with Gasteiger partial charge in [0.05, 0.1) is 16.7 Å². The Labute approximate surface area is 154 Å². The predicted octanol–water partition coefficient (Wildman–Crippen LogP) is 1.75. The molecule has 134 valence electrons. The summed E-state index contributed by atoms with van der Waals surface area (Å²) in [6, 6.07) is 5.66. The number of amides is 1. The van der Waals surface area contributed by atoms with Crippen molar-refractivity contribution in [2.45, 2.75) is 25.9 Å². The van der Waals surface area contributed by atoms with Crippen LogP contribution >= 0.6 is 11.3 Å². The molecule has 9 heteroatoms. The average Bonchev–Trinajstić information content (AvgIpc) is 2.98. The molecule has 4 rings (SSSR count). The van der Waals surface area contributed by atoms with Crippen LogP contribution in [0.4, 0.5) is 5.95 Å². The van der Waals surface area contributed by atoms with Gasteiger partial charge in [0, 0.05) is 25.3 Å². The maximum absolute atomic E-state index is 12.8. The number of nitrogens with one attached hydrogen (secondary N) is 1. The summed E-state index contributed by atoms with van der Waals surface area (Å²) in [5, 5.41) is 4.07. The van der Waals surface area contributed by atoms with Gasteiger partial charge in [0.1, 0.15) is 4.70 Å². The molecule has 1 saturated heterocycles. The number of hydrogen-bond acceptors (Lipinski definition) is 8. The Morgan fingerprint density at radius 3 is 2.85 bits per heavy atom. The summed E-state index contributed by atoms with van der Waals surface area (Å²) >= 11 is 1.43. The lowest BCUT2D eigenvalue weighted by atomic mass is 10.1. The van der Waals surface area contributed by atoms with E-state index >= 15 is 0 Å². The third-order valence-electron chi connectivity index (χ3n) is 4.24. The van der Waals surface area contributed by atoms with E-state index in [-0.39, 0.29) is 18.0 Å². The van der Waals surface area contributed by atoms with Crippen LogP contribution in [0.1, 0.15) is 34.2 Å². The minimum Gasteiger partial charge on any atom is -0.346 e. The first-order chi connectivity index (χ1) is 12.5. The van der Waals surface area contributed by atoms with Crippen molar-refractivity contribution in [1.29, 1.82) is 0 Å². The van der Waals surface area contributed by atoms with Crippen LogP contribution in [0.2, 0.25) is 0 Å². The molecule has 1 fully saturated rings. The van der Waals surface area contributed by atoms with E-state index in [1.54, 1.807) is 11.1 Å². The smallest absolute Gasteiger partial charge is 0.274 e. The fourth-order valence-corrected chi connectivity index (χ4v) is 3.71. The molecule has 1 aliphatic rings. The largest absolute Gasteiger partial charge is 0.346 e. The van der Waals surface area contributed by atoms with E-state index < -0.39 is 0 Å². The van der Waals surface area contributed by atoms with Gasteiger partial charge in [0.25, 0.3) is 5.91 Å². The van der Waals surface area contributed by atoms with E-state index in [1.165, 1.54) is 11.3 Å². The Balaban J connectivity index is 1.68. The van der Waals surface area contributed by atoms with Crippen molar-refractivity contribution in [3.8, 4) is 0 Å². The van der Waals surface area contributed by atoms with Crippen LogP contribution in [0, 0.1) is 6.92 Å². The number of rotatable bonds is 4. The molecule has 0 spiro atoms. The van der Waals surface area contributed by atoms with Crippen LogP contribution in [-0.4, -0.2) is 49.9 Å². The summed E-state index contributed by atoms with van der Waals surface area (Å²) in [4.78, 5) is 32.3. The van der Waals surface area contributed by atoms with Gasteiger partial charge in [-0.15, -0.1) is 11.3 Å². The average molecular weight is 369 g/mol. The summed E-state index contributed by atoms with van der Waals surface area (Å²) < 4.78 is 0.712. The van der Waals surface area contributed by atoms with E-state index in [0.717, 1.165) is 10.7 Å². The van der Waals surface area contributed by atoms with E-state index in [0.29, 0.717) is 35.1 Å². The third kappa shape index (κ3) is 3.11. The Morgan fingerprint density at radius 2 is 2.15 bits per heavy atom. The highest BCUT2D eigenvalue weighted by molar-refractivity contribution is 7.18. The maximum Gasteiger partial charge on any atom is 0.274 e. The van der Waals surface area contributed by atoms with E-state index in [2.05, 4.69) is 25.3 Å². The third-order valence-corrected chi connectivity index (χ3v) is 5.20. The number of fused-ring (bicyclic) bond motifs is 1. The molecule has 8 nitrogen and oxygen atoms in total. The van der Waals surface area contributed by atoms with Crippen LogP contribution < -0.4 is 11.1 Å². The molecule has 3 aromatic heterocycles. The van der Waals surface area contributed by atoms with Gasteiger partial charge in [0.15, 0.2) is 11.3 Å². The second kappa shape index (κ2) is 6.58. The highest BCUT2D eigenvalue weighted by Gasteiger charge is 2.31. The fraction of sp³-hybridized carbons (Fsp3) is 0.353. The van der Waals surface area contributed by atoms with Crippen molar-refractivity contribution in [3.05, 3.63) is 40.8 Å². The lowest BCUT2D eigenvalue weighted by Gasteiger charge is -2.36. The topological polar surface area (TPSA) is 110 Å². The first-order valence-electron chi connectivity index (χ1n) is 8.39. The second-order valence-electron chi connectivity index (χ2n) is 6.37. The number of anilines is 1. The molecule has 0 saturated carbocycles. The quantitative estimate of drug-likeness (QED) is 0.721. The normalized spacial score (nSPS) is 15.7. The molecule has 0 aliphatic carbocycles. The van der Waals surface area contributed by atoms with Gasteiger partial charge < -0.3 is 16.0 Å². The highest BCUT2D eigenvalue weighted by atomic mass is 32.1. The number of thiazole rings is 1. The zero-order chi connectivity index (χ0) is 18.3. The zero-order valence-electron chi connectivity index (χ0n) is 14.5. The highest BCUT2D eigenvalue weighted by Crippen LogP contribution is 2.27. The molecule has 0 aromatic carbocycles. The van der Waals surface area contributed by atoms with Gasteiger partial charge >= 0.3 is 0 Å². The molecule has 3 aromatic rings. The number of nitrogens with zero attached hydrogens (tertiary/aromatic N) is 5. The van der Waals surface area contributed by atoms with E-state index in [1.807, 2.05) is 32.0 Å². The number of pyridine rings is 1. The van der Waals surface area contributed by atoms with Crippen molar-refractivity contribution in [2.75, 3.05) is 18.4 Å². The summed E-state index contributed by atoms with van der Waals surface area (Å²) in [6.07, 6.45) is 1.74. The number of likely N-dealkylation sites (tertiary alicyclic amines) is 1. The molecule has 1 unspecified atom stereocenters. The Kier molecular flexibility index (Phi) is 4.25. The predicted molar refractivity (Wildman–Crippen MR) is 100 cm³/mol. The molecule has 3 N–H and O–H groups in total. The van der Waals surface area contributed by atoms with Crippen molar-refractivity contribution in [3.63, 3.8) is 0 Å². The Hall–Kier alpha value is -2.65. The second-order valence-corrected chi connectivity index (χ2v) is 7.58. The van der Waals surface area contributed by atoms with Crippen molar-refractivity contribution < 1.29 is 4.79 Å². The number of aryl methyl sites for hydroxylation is 1. The molecule has 26 heavy (non-hydrogen) atoms. The zero-order valence-corrected chi connectivity index (χ0v) is 15.3. The first kappa shape index (κ1) is 16.8. The van der Waals surface area contributed by atoms with Crippen LogP contribution in [0.5, 0.6) is 0 Å². The Morgan fingerprint density at radius 1 is 1.35 bits per heavy atom. The SMILES string of the molecule is Cc1nc2nc(NC(C)c3ccccn3)nc(C(=O)N3CC(N)C3)c2s1. The number of carbonyl (C=O) groups excluding carboxylic acids is 1. The fourth-order valence-electron chi connectivity index (χ4n) is 2.87. The first-order valence-corrected chi connectivity index (χ1v) is 9.20. The summed E-state index contributed by atoms with van der Waals surface area (Å²) in [6.45, 7) is 4.96. The molecule has 1 atom stereocenters. The monoisotopic (exact) mass is 369 g/mol. The van der Waals surface area contributed by atoms with E-state index in [9.17, 15) is 4.79 Å². The molecule has 1 aliphatic heterocycles. The molecular formula is C17H19N7OS. The number of aromatic nitrogens is 4. The van der Waals surface area contributed by atoms with Gasteiger partial charge in [-0.1, -0.05) is 6.07 Å². The molecule has 1 amide bonds. The molecule has 0 bridgehead atoms. The number of nitrogens with two attached hydrogens (primary N) is 1. The summed E-state index contributed by atoms with van der Waals surface area (Å²) in [5.41, 5.74) is 7.59. The van der Waals surface area contributed by atoms with E-state index in [4.69, 9.17) is 5.73 Å². The van der Waals surface area contributed by atoms with Gasteiger partial charge in [-0.25, -0.2) is 9.97 Å². The summed E-state index contributed by atoms with van der Waals surface area (Å²) in [5.74, 6) is 0.241. The maximum atomic E-state index is 12.8.